The molecule has 0 spiro atoms. The maximum atomic E-state index is 8.48. The Morgan fingerprint density at radius 3 is 1.64 bits per heavy atom. The van der Waals surface area contributed by atoms with Gasteiger partial charge in [-0.25, -0.2) is 9.97 Å². The van der Waals surface area contributed by atoms with Crippen molar-refractivity contribution in [1.82, 2.24) is 19.9 Å². The highest BCUT2D eigenvalue weighted by Gasteiger charge is 2.20. The van der Waals surface area contributed by atoms with Crippen molar-refractivity contribution in [2.45, 2.75) is 0 Å². The summed E-state index contributed by atoms with van der Waals surface area (Å²) in [6.07, 6.45) is 10.5. The lowest BCUT2D eigenvalue weighted by atomic mass is 9.91. The molecule has 0 saturated carbocycles. The van der Waals surface area contributed by atoms with E-state index >= 15 is 0 Å². The molecule has 4 aromatic heterocycles. The van der Waals surface area contributed by atoms with Crippen LogP contribution in [0.4, 0.5) is 5.69 Å². The van der Waals surface area contributed by atoms with Crippen molar-refractivity contribution in [3.63, 3.8) is 0 Å². The molecule has 5 aromatic rings. The smallest absolute Gasteiger partial charge is 0.0883 e. The highest BCUT2D eigenvalue weighted by Crippen LogP contribution is 2.29. The summed E-state index contributed by atoms with van der Waals surface area (Å²) in [4.78, 5) is 17.8. The molecule has 0 amide bonds. The molecule has 1 aromatic carbocycles. The SMILES string of the molecule is N=C1C=C(c2cccc(-c3cccnc3)n2)C=C(c2cccc(-c3cccnc3)n2)C1=N.Nc1ccccc1. The second kappa shape index (κ2) is 11.7. The molecule has 0 unspecified atom stereocenters. The number of hydrogen-bond donors (Lipinski definition) is 3. The second-order valence-electron chi connectivity index (χ2n) is 8.66. The summed E-state index contributed by atoms with van der Waals surface area (Å²) >= 11 is 0. The third kappa shape index (κ3) is 6.06. The first kappa shape index (κ1) is 25.1. The van der Waals surface area contributed by atoms with Crippen LogP contribution in [-0.4, -0.2) is 31.4 Å². The van der Waals surface area contributed by atoms with Crippen molar-refractivity contribution in [2.75, 3.05) is 5.73 Å². The fourth-order valence-corrected chi connectivity index (χ4v) is 3.98. The largest absolute Gasteiger partial charge is 0.399 e. The molecule has 39 heavy (non-hydrogen) atoms. The van der Waals surface area contributed by atoms with Crippen molar-refractivity contribution in [1.29, 1.82) is 10.8 Å². The van der Waals surface area contributed by atoms with E-state index in [4.69, 9.17) is 26.5 Å². The molecule has 7 nitrogen and oxygen atoms in total. The fraction of sp³-hybridized carbons (Fsp3) is 0. The van der Waals surface area contributed by atoms with Gasteiger partial charge in [-0.15, -0.1) is 0 Å². The highest BCUT2D eigenvalue weighted by atomic mass is 14.7. The molecule has 4 N–H and O–H groups in total. The topological polar surface area (TPSA) is 125 Å². The van der Waals surface area contributed by atoms with Gasteiger partial charge in [0.2, 0.25) is 0 Å². The number of anilines is 1. The minimum atomic E-state index is 0.125. The van der Waals surface area contributed by atoms with Crippen LogP contribution in [0.1, 0.15) is 11.4 Å². The first-order valence-corrected chi connectivity index (χ1v) is 12.3. The molecule has 6 rings (SSSR count). The lowest BCUT2D eigenvalue weighted by molar-refractivity contribution is 1.25. The van der Waals surface area contributed by atoms with Crippen molar-refractivity contribution in [2.24, 2.45) is 0 Å². The number of nitrogens with one attached hydrogen (secondary N) is 2. The van der Waals surface area contributed by atoms with Gasteiger partial charge in [0.25, 0.3) is 0 Å². The summed E-state index contributed by atoms with van der Waals surface area (Å²) in [5.74, 6) is 0. The fourth-order valence-electron chi connectivity index (χ4n) is 3.98. The predicted octanol–water partition coefficient (Wildman–Crippen LogP) is 6.39. The van der Waals surface area contributed by atoms with E-state index in [1.165, 1.54) is 0 Å². The minimum absolute atomic E-state index is 0.125. The molecule has 1 aliphatic rings. The minimum Gasteiger partial charge on any atom is -0.399 e. The zero-order valence-electron chi connectivity index (χ0n) is 21.0. The van der Waals surface area contributed by atoms with E-state index in [2.05, 4.69) is 9.97 Å². The van der Waals surface area contributed by atoms with Crippen LogP contribution in [0, 0.1) is 10.8 Å². The molecule has 188 valence electrons. The van der Waals surface area contributed by atoms with Gasteiger partial charge < -0.3 is 5.73 Å². The average Bonchev–Trinajstić information content (AvgIpc) is 3.00. The van der Waals surface area contributed by atoms with Gasteiger partial charge in [0.05, 0.1) is 34.2 Å². The predicted molar refractivity (Wildman–Crippen MR) is 157 cm³/mol. The lowest BCUT2D eigenvalue weighted by Gasteiger charge is -2.16. The number of aromatic nitrogens is 4. The highest BCUT2D eigenvalue weighted by molar-refractivity contribution is 6.61. The number of benzene rings is 1. The Morgan fingerprint density at radius 2 is 1.10 bits per heavy atom. The van der Waals surface area contributed by atoms with E-state index in [0.717, 1.165) is 39.5 Å². The zero-order chi connectivity index (χ0) is 27.0. The molecule has 0 radical (unpaired) electrons. The molecule has 1 aliphatic carbocycles. The molecular weight excluding hydrogens is 482 g/mol. The van der Waals surface area contributed by atoms with Crippen LogP contribution >= 0.6 is 0 Å². The summed E-state index contributed by atoms with van der Waals surface area (Å²) in [5, 5.41) is 16.8. The van der Waals surface area contributed by atoms with Gasteiger partial charge in [0, 0.05) is 52.7 Å². The molecular formula is C32H25N7. The van der Waals surface area contributed by atoms with Crippen LogP contribution < -0.4 is 5.73 Å². The number of nitrogens with zero attached hydrogens (tertiary/aromatic N) is 4. The number of pyridine rings is 4. The van der Waals surface area contributed by atoms with Gasteiger partial charge in [-0.1, -0.05) is 30.3 Å². The van der Waals surface area contributed by atoms with E-state index in [9.17, 15) is 0 Å². The van der Waals surface area contributed by atoms with E-state index in [1.807, 2.05) is 97.1 Å². The van der Waals surface area contributed by atoms with E-state index < -0.39 is 0 Å². The number of para-hydroxylation sites is 1. The molecule has 0 aliphatic heterocycles. The Bertz CT molecular complexity index is 1680. The third-order valence-corrected chi connectivity index (χ3v) is 5.92. The number of rotatable bonds is 4. The Balaban J connectivity index is 0.000000384. The van der Waals surface area contributed by atoms with Crippen LogP contribution in [0.15, 0.2) is 128 Å². The first-order valence-electron chi connectivity index (χ1n) is 12.3. The van der Waals surface area contributed by atoms with Gasteiger partial charge >= 0.3 is 0 Å². The summed E-state index contributed by atoms with van der Waals surface area (Å²) < 4.78 is 0. The Labute approximate surface area is 226 Å². The van der Waals surface area contributed by atoms with Crippen molar-refractivity contribution < 1.29 is 0 Å². The number of allylic oxidation sites excluding steroid dienone is 4. The van der Waals surface area contributed by atoms with Crippen LogP contribution in [-0.2, 0) is 0 Å². The molecule has 0 atom stereocenters. The van der Waals surface area contributed by atoms with Gasteiger partial charge in [-0.05, 0) is 72.8 Å². The number of hydrogen-bond acceptors (Lipinski definition) is 7. The van der Waals surface area contributed by atoms with Crippen molar-refractivity contribution >= 4 is 28.3 Å². The van der Waals surface area contributed by atoms with Crippen LogP contribution in [0.3, 0.4) is 0 Å². The quantitative estimate of drug-likeness (QED) is 0.192. The van der Waals surface area contributed by atoms with Gasteiger partial charge in [0.15, 0.2) is 0 Å². The van der Waals surface area contributed by atoms with Crippen molar-refractivity contribution in [3.05, 3.63) is 139 Å². The average molecular weight is 508 g/mol. The second-order valence-corrected chi connectivity index (χ2v) is 8.66. The lowest BCUT2D eigenvalue weighted by Crippen LogP contribution is -2.17. The maximum Gasteiger partial charge on any atom is 0.0883 e. The normalized spacial score (nSPS) is 12.6. The summed E-state index contributed by atoms with van der Waals surface area (Å²) in [6.45, 7) is 0. The molecule has 0 bridgehead atoms. The summed E-state index contributed by atoms with van der Waals surface area (Å²) in [6, 6.07) is 28.6. The van der Waals surface area contributed by atoms with Gasteiger partial charge in [-0.2, -0.15) is 0 Å². The summed E-state index contributed by atoms with van der Waals surface area (Å²) in [7, 11) is 0. The zero-order valence-corrected chi connectivity index (χ0v) is 21.0. The maximum absolute atomic E-state index is 8.48. The molecule has 0 saturated heterocycles. The van der Waals surface area contributed by atoms with E-state index in [1.54, 1.807) is 30.9 Å². The van der Waals surface area contributed by atoms with Crippen LogP contribution in [0.5, 0.6) is 0 Å². The van der Waals surface area contributed by atoms with E-state index in [-0.39, 0.29) is 11.4 Å². The molecule has 4 heterocycles. The van der Waals surface area contributed by atoms with Crippen LogP contribution in [0.25, 0.3) is 33.7 Å². The Hall–Kier alpha value is -5.56. The monoisotopic (exact) mass is 507 g/mol. The van der Waals surface area contributed by atoms with Gasteiger partial charge in [0.1, 0.15) is 0 Å². The Morgan fingerprint density at radius 1 is 0.538 bits per heavy atom. The van der Waals surface area contributed by atoms with Crippen molar-refractivity contribution in [3.8, 4) is 22.5 Å². The van der Waals surface area contributed by atoms with Gasteiger partial charge in [-0.3, -0.25) is 20.8 Å². The summed E-state index contributed by atoms with van der Waals surface area (Å²) in [5.41, 5.74) is 12.5. The molecule has 7 heteroatoms. The third-order valence-electron chi connectivity index (χ3n) is 5.92. The van der Waals surface area contributed by atoms with E-state index in [0.29, 0.717) is 11.3 Å². The number of nitrogens with two attached hydrogens (primary N) is 1. The standard InChI is InChI=1S/C26H18N6.C6H7N/c27-21-14-19(24-9-1-7-22(31-24)17-5-3-11-29-15-17)13-20(26(21)28)25-10-2-8-23(32-25)18-6-4-12-30-16-18;7-6-4-2-1-3-5-6/h1-16,27-28H;1-5H,7H2. The molecule has 0 fully saturated rings. The van der Waals surface area contributed by atoms with Crippen LogP contribution in [0.2, 0.25) is 0 Å². The Kier molecular flexibility index (Phi) is 7.51. The number of nitrogen functional groups attached to an aromatic ring is 1. The first-order chi connectivity index (χ1) is 19.1.